The van der Waals surface area contributed by atoms with Gasteiger partial charge in [0.25, 0.3) is 0 Å². The molecule has 0 aliphatic rings. The topological polar surface area (TPSA) is 50.2 Å². The number of nitrogens with zero attached hydrogens (tertiary/aromatic N) is 1. The van der Waals surface area contributed by atoms with Gasteiger partial charge in [-0.15, -0.1) is 23.1 Å². The minimum absolute atomic E-state index is 0.0329. The number of aromatic nitrogens is 1. The average molecular weight is 279 g/mol. The molecule has 1 N–H and O–H groups in total. The SMILES string of the molecule is CSc1ccc(-c2nc(C)sc2CC(=O)O)cc1. The molecule has 0 amide bonds. The summed E-state index contributed by atoms with van der Waals surface area (Å²) in [6, 6.07) is 8.04. The fraction of sp³-hybridized carbons (Fsp3) is 0.231. The van der Waals surface area contributed by atoms with Gasteiger partial charge >= 0.3 is 5.97 Å². The second-order valence-electron chi connectivity index (χ2n) is 3.80. The highest BCUT2D eigenvalue weighted by Gasteiger charge is 2.13. The Morgan fingerprint density at radius 3 is 2.61 bits per heavy atom. The number of thioether (sulfide) groups is 1. The van der Waals surface area contributed by atoms with Crippen LogP contribution in [-0.4, -0.2) is 22.3 Å². The number of hydrogen-bond acceptors (Lipinski definition) is 4. The zero-order valence-electron chi connectivity index (χ0n) is 10.1. The lowest BCUT2D eigenvalue weighted by molar-refractivity contribution is -0.136. The molecular formula is C13H13NO2S2. The molecule has 0 saturated heterocycles. The van der Waals surface area contributed by atoms with E-state index in [-0.39, 0.29) is 6.42 Å². The first-order valence-corrected chi connectivity index (χ1v) is 7.47. The molecule has 0 bridgehead atoms. The fourth-order valence-electron chi connectivity index (χ4n) is 1.70. The van der Waals surface area contributed by atoms with Gasteiger partial charge in [-0.05, 0) is 25.3 Å². The van der Waals surface area contributed by atoms with Crippen LogP contribution in [-0.2, 0) is 11.2 Å². The van der Waals surface area contributed by atoms with E-state index in [4.69, 9.17) is 5.11 Å². The van der Waals surface area contributed by atoms with Crippen molar-refractivity contribution in [1.82, 2.24) is 4.98 Å². The van der Waals surface area contributed by atoms with E-state index >= 15 is 0 Å². The predicted octanol–water partition coefficient (Wildman–Crippen LogP) is 3.47. The highest BCUT2D eigenvalue weighted by atomic mass is 32.2. The number of hydrogen-bond donors (Lipinski definition) is 1. The maximum Gasteiger partial charge on any atom is 0.308 e. The van der Waals surface area contributed by atoms with Gasteiger partial charge in [0, 0.05) is 15.3 Å². The Morgan fingerprint density at radius 2 is 2.06 bits per heavy atom. The molecule has 18 heavy (non-hydrogen) atoms. The zero-order chi connectivity index (χ0) is 13.1. The third-order valence-corrected chi connectivity index (χ3v) is 4.19. The van der Waals surface area contributed by atoms with Gasteiger partial charge in [-0.25, -0.2) is 4.98 Å². The van der Waals surface area contributed by atoms with Crippen molar-refractivity contribution in [2.24, 2.45) is 0 Å². The van der Waals surface area contributed by atoms with Crippen molar-refractivity contribution >= 4 is 29.1 Å². The third kappa shape index (κ3) is 2.91. The Bertz CT molecular complexity index is 561. The lowest BCUT2D eigenvalue weighted by Crippen LogP contribution is -1.99. The number of carboxylic acids is 1. The highest BCUT2D eigenvalue weighted by molar-refractivity contribution is 7.98. The smallest absolute Gasteiger partial charge is 0.308 e. The summed E-state index contributed by atoms with van der Waals surface area (Å²) in [5.74, 6) is -0.819. The minimum atomic E-state index is -0.819. The van der Waals surface area contributed by atoms with E-state index < -0.39 is 5.97 Å². The first kappa shape index (κ1) is 13.1. The minimum Gasteiger partial charge on any atom is -0.481 e. The molecule has 0 fully saturated rings. The second-order valence-corrected chi connectivity index (χ2v) is 5.97. The van der Waals surface area contributed by atoms with E-state index in [9.17, 15) is 4.79 Å². The lowest BCUT2D eigenvalue weighted by atomic mass is 10.1. The summed E-state index contributed by atoms with van der Waals surface area (Å²) in [6.45, 7) is 1.90. The van der Waals surface area contributed by atoms with Crippen molar-refractivity contribution < 1.29 is 9.90 Å². The van der Waals surface area contributed by atoms with E-state index in [1.54, 1.807) is 11.8 Å². The van der Waals surface area contributed by atoms with E-state index in [0.29, 0.717) is 0 Å². The summed E-state index contributed by atoms with van der Waals surface area (Å²) in [6.07, 6.45) is 2.06. The van der Waals surface area contributed by atoms with E-state index in [2.05, 4.69) is 4.98 Å². The van der Waals surface area contributed by atoms with Crippen LogP contribution in [0.5, 0.6) is 0 Å². The van der Waals surface area contributed by atoms with Crippen LogP contribution in [0.1, 0.15) is 9.88 Å². The Balaban J connectivity index is 2.39. The predicted molar refractivity (Wildman–Crippen MR) is 75.4 cm³/mol. The molecule has 3 nitrogen and oxygen atoms in total. The first-order valence-electron chi connectivity index (χ1n) is 5.42. The Hall–Kier alpha value is -1.33. The largest absolute Gasteiger partial charge is 0.481 e. The number of rotatable bonds is 4. The van der Waals surface area contributed by atoms with Crippen molar-refractivity contribution in [2.75, 3.05) is 6.26 Å². The van der Waals surface area contributed by atoms with Crippen molar-refractivity contribution in [1.29, 1.82) is 0 Å². The molecule has 0 aliphatic carbocycles. The summed E-state index contributed by atoms with van der Waals surface area (Å²) < 4.78 is 0. The van der Waals surface area contributed by atoms with Gasteiger partial charge in [-0.2, -0.15) is 0 Å². The Kier molecular flexibility index (Phi) is 4.04. The van der Waals surface area contributed by atoms with Gasteiger partial charge < -0.3 is 5.11 Å². The third-order valence-electron chi connectivity index (χ3n) is 2.48. The first-order chi connectivity index (χ1) is 8.60. The molecule has 0 spiro atoms. The lowest BCUT2D eigenvalue weighted by Gasteiger charge is -2.02. The molecule has 5 heteroatoms. The molecule has 1 heterocycles. The number of benzene rings is 1. The van der Waals surface area contributed by atoms with Gasteiger partial charge in [-0.1, -0.05) is 12.1 Å². The molecule has 0 atom stereocenters. The molecule has 94 valence electrons. The van der Waals surface area contributed by atoms with Crippen LogP contribution in [0, 0.1) is 6.92 Å². The van der Waals surface area contributed by atoms with Crippen LogP contribution in [0.15, 0.2) is 29.2 Å². The maximum absolute atomic E-state index is 10.8. The molecule has 0 unspecified atom stereocenters. The number of aryl methyl sites for hydroxylation is 1. The van der Waals surface area contributed by atoms with Crippen molar-refractivity contribution in [2.45, 2.75) is 18.2 Å². The van der Waals surface area contributed by atoms with E-state index in [1.165, 1.54) is 16.2 Å². The number of carbonyl (C=O) groups is 1. The molecule has 1 aromatic heterocycles. The Morgan fingerprint density at radius 1 is 1.39 bits per heavy atom. The van der Waals surface area contributed by atoms with Gasteiger partial charge in [0.15, 0.2) is 0 Å². The fourth-order valence-corrected chi connectivity index (χ4v) is 3.06. The molecule has 0 aliphatic heterocycles. The normalized spacial score (nSPS) is 10.6. The molecule has 2 aromatic rings. The van der Waals surface area contributed by atoms with Crippen molar-refractivity contribution in [3.8, 4) is 11.3 Å². The summed E-state index contributed by atoms with van der Waals surface area (Å²) in [5.41, 5.74) is 1.78. The van der Waals surface area contributed by atoms with E-state index in [0.717, 1.165) is 21.1 Å². The monoisotopic (exact) mass is 279 g/mol. The quantitative estimate of drug-likeness (QED) is 0.871. The summed E-state index contributed by atoms with van der Waals surface area (Å²) in [4.78, 5) is 17.3. The van der Waals surface area contributed by atoms with E-state index in [1.807, 2.05) is 37.4 Å². The standard InChI is InChI=1S/C13H13NO2S2/c1-8-14-13(11(18-8)7-12(15)16)9-3-5-10(17-2)6-4-9/h3-6H,7H2,1-2H3,(H,15,16). The number of thiazole rings is 1. The molecule has 1 aromatic carbocycles. The second kappa shape index (κ2) is 5.54. The van der Waals surface area contributed by atoms with Crippen molar-refractivity contribution in [3.05, 3.63) is 34.2 Å². The molecule has 0 saturated carbocycles. The Labute approximate surface area is 114 Å². The van der Waals surface area contributed by atoms with Gasteiger partial charge in [0.1, 0.15) is 0 Å². The summed E-state index contributed by atoms with van der Waals surface area (Å²) >= 11 is 3.13. The van der Waals surface area contributed by atoms with Crippen LogP contribution in [0.2, 0.25) is 0 Å². The van der Waals surface area contributed by atoms with Crippen LogP contribution in [0.4, 0.5) is 0 Å². The molecule has 2 rings (SSSR count). The van der Waals surface area contributed by atoms with Gasteiger partial charge in [-0.3, -0.25) is 4.79 Å². The average Bonchev–Trinajstić information content (AvgIpc) is 2.69. The van der Waals surface area contributed by atoms with Gasteiger partial charge in [0.2, 0.25) is 0 Å². The highest BCUT2D eigenvalue weighted by Crippen LogP contribution is 2.29. The van der Waals surface area contributed by atoms with Crippen LogP contribution in [0.25, 0.3) is 11.3 Å². The zero-order valence-corrected chi connectivity index (χ0v) is 11.8. The number of aliphatic carboxylic acids is 1. The van der Waals surface area contributed by atoms with Crippen molar-refractivity contribution in [3.63, 3.8) is 0 Å². The summed E-state index contributed by atoms with van der Waals surface area (Å²) in [5, 5.41) is 9.80. The molecular weight excluding hydrogens is 266 g/mol. The maximum atomic E-state index is 10.8. The molecule has 0 radical (unpaired) electrons. The van der Waals surface area contributed by atoms with Crippen LogP contribution in [0.3, 0.4) is 0 Å². The summed E-state index contributed by atoms with van der Waals surface area (Å²) in [7, 11) is 0. The van der Waals surface area contributed by atoms with Crippen LogP contribution >= 0.6 is 23.1 Å². The van der Waals surface area contributed by atoms with Gasteiger partial charge in [0.05, 0.1) is 17.1 Å². The number of carboxylic acid groups (broad SMARTS) is 1. The van der Waals surface area contributed by atoms with Crippen LogP contribution < -0.4 is 0 Å².